The number of methoxy groups -OCH3 is 1. The number of halogens is 2. The molecule has 10 heteroatoms. The van der Waals surface area contributed by atoms with E-state index in [4.69, 9.17) is 16.3 Å². The fraction of sp³-hybridized carbons (Fsp3) is 0.111. The summed E-state index contributed by atoms with van der Waals surface area (Å²) in [4.78, 5) is 22.8. The molecule has 0 aliphatic heterocycles. The summed E-state index contributed by atoms with van der Waals surface area (Å²) >= 11 is 6.00. The Morgan fingerprint density at radius 3 is 2.82 bits per heavy atom. The molecule has 0 unspecified atom stereocenters. The molecule has 0 saturated carbocycles. The van der Waals surface area contributed by atoms with Gasteiger partial charge in [0.15, 0.2) is 11.6 Å². The van der Waals surface area contributed by atoms with Crippen molar-refractivity contribution < 1.29 is 18.8 Å². The lowest BCUT2D eigenvalue weighted by molar-refractivity contribution is -0.385. The highest BCUT2D eigenvalue weighted by molar-refractivity contribution is 6.31. The summed E-state index contributed by atoms with van der Waals surface area (Å²) in [6, 6.07) is 9.74. The molecular weight excluding hydrogens is 391 g/mol. The van der Waals surface area contributed by atoms with E-state index in [1.807, 2.05) is 0 Å². The molecule has 1 aromatic heterocycles. The average molecular weight is 405 g/mol. The second-order valence-electron chi connectivity index (χ2n) is 5.70. The van der Waals surface area contributed by atoms with Crippen LogP contribution < -0.4 is 10.1 Å². The smallest absolute Gasteiger partial charge is 0.311 e. The summed E-state index contributed by atoms with van der Waals surface area (Å²) < 4.78 is 20.2. The largest absolute Gasteiger partial charge is 0.490 e. The van der Waals surface area contributed by atoms with Crippen LogP contribution in [0.25, 0.3) is 0 Å². The normalized spacial score (nSPS) is 10.5. The number of nitro benzene ring substituents is 1. The predicted octanol–water partition coefficient (Wildman–Crippen LogP) is 3.89. The monoisotopic (exact) mass is 404 g/mol. The molecule has 3 rings (SSSR count). The van der Waals surface area contributed by atoms with Crippen LogP contribution in [0, 0.1) is 15.9 Å². The summed E-state index contributed by atoms with van der Waals surface area (Å²) in [5.41, 5.74) is 0.0185. The lowest BCUT2D eigenvalue weighted by Crippen LogP contribution is -2.13. The molecule has 3 aromatic rings. The van der Waals surface area contributed by atoms with Gasteiger partial charge in [0.2, 0.25) is 0 Å². The molecule has 0 aliphatic carbocycles. The van der Waals surface area contributed by atoms with Crippen LogP contribution in [0.3, 0.4) is 0 Å². The van der Waals surface area contributed by atoms with Crippen LogP contribution in [-0.4, -0.2) is 27.7 Å². The molecule has 0 bridgehead atoms. The van der Waals surface area contributed by atoms with E-state index in [1.165, 1.54) is 42.1 Å². The third kappa shape index (κ3) is 4.09. The maximum atomic E-state index is 13.9. The summed E-state index contributed by atoms with van der Waals surface area (Å²) in [5.74, 6) is -0.789. The third-order valence-corrected chi connectivity index (χ3v) is 4.26. The molecule has 1 N–H and O–H groups in total. The van der Waals surface area contributed by atoms with Gasteiger partial charge in [0.1, 0.15) is 5.82 Å². The van der Waals surface area contributed by atoms with Crippen LogP contribution in [0.15, 0.2) is 48.7 Å². The fourth-order valence-corrected chi connectivity index (χ4v) is 2.75. The Bertz CT molecular complexity index is 1030. The van der Waals surface area contributed by atoms with Crippen molar-refractivity contribution in [3.63, 3.8) is 0 Å². The van der Waals surface area contributed by atoms with Gasteiger partial charge in [0.25, 0.3) is 5.91 Å². The van der Waals surface area contributed by atoms with Crippen molar-refractivity contribution in [1.29, 1.82) is 0 Å². The quantitative estimate of drug-likeness (QED) is 0.496. The first-order valence-electron chi connectivity index (χ1n) is 7.99. The minimum Gasteiger partial charge on any atom is -0.490 e. The van der Waals surface area contributed by atoms with Gasteiger partial charge in [-0.3, -0.25) is 19.6 Å². The Morgan fingerprint density at radius 2 is 2.14 bits per heavy atom. The molecule has 1 heterocycles. The maximum Gasteiger partial charge on any atom is 0.311 e. The number of carbonyl (C=O) groups excluding carboxylic acids is 1. The van der Waals surface area contributed by atoms with Crippen LogP contribution in [0.1, 0.15) is 15.9 Å². The van der Waals surface area contributed by atoms with Crippen molar-refractivity contribution >= 4 is 29.0 Å². The van der Waals surface area contributed by atoms with E-state index in [0.29, 0.717) is 0 Å². The SMILES string of the molecule is COc1ccc(C(=O)Nc2ccn(Cc3c(F)cccc3Cl)n2)cc1[N+](=O)[O-]. The number of rotatable bonds is 6. The Hall–Kier alpha value is -3.46. The summed E-state index contributed by atoms with van der Waals surface area (Å²) in [6.45, 7) is 0.0788. The number of nitrogens with zero attached hydrogens (tertiary/aromatic N) is 3. The lowest BCUT2D eigenvalue weighted by atomic mass is 10.1. The van der Waals surface area contributed by atoms with Crippen LogP contribution in [-0.2, 0) is 6.54 Å². The van der Waals surface area contributed by atoms with Gasteiger partial charge in [-0.15, -0.1) is 0 Å². The van der Waals surface area contributed by atoms with Crippen molar-refractivity contribution in [2.75, 3.05) is 12.4 Å². The molecule has 0 fully saturated rings. The molecule has 2 aromatic carbocycles. The first-order valence-corrected chi connectivity index (χ1v) is 8.37. The molecular formula is C18H14ClFN4O4. The van der Waals surface area contributed by atoms with E-state index in [1.54, 1.807) is 12.3 Å². The number of hydrogen-bond acceptors (Lipinski definition) is 5. The predicted molar refractivity (Wildman–Crippen MR) is 100 cm³/mol. The van der Waals surface area contributed by atoms with E-state index in [2.05, 4.69) is 10.4 Å². The van der Waals surface area contributed by atoms with E-state index >= 15 is 0 Å². The number of nitrogens with one attached hydrogen (secondary N) is 1. The van der Waals surface area contributed by atoms with Gasteiger partial charge in [-0.05, 0) is 24.3 Å². The van der Waals surface area contributed by atoms with E-state index in [9.17, 15) is 19.3 Å². The second kappa shape index (κ2) is 8.05. The Balaban J connectivity index is 1.76. The van der Waals surface area contributed by atoms with Gasteiger partial charge in [0.05, 0.1) is 18.6 Å². The molecule has 0 atom stereocenters. The average Bonchev–Trinajstić information content (AvgIpc) is 3.11. The van der Waals surface area contributed by atoms with Crippen LogP contribution in [0.4, 0.5) is 15.9 Å². The van der Waals surface area contributed by atoms with Crippen molar-refractivity contribution in [2.45, 2.75) is 6.54 Å². The molecule has 0 spiro atoms. The number of carbonyl (C=O) groups is 1. The number of nitro groups is 1. The van der Waals surface area contributed by atoms with Crippen molar-refractivity contribution in [3.05, 3.63) is 80.7 Å². The zero-order chi connectivity index (χ0) is 20.3. The van der Waals surface area contributed by atoms with Crippen LogP contribution in [0.5, 0.6) is 5.75 Å². The summed E-state index contributed by atoms with van der Waals surface area (Å²) in [6.07, 6.45) is 1.55. The molecule has 144 valence electrons. The zero-order valence-electron chi connectivity index (χ0n) is 14.6. The molecule has 0 saturated heterocycles. The molecule has 28 heavy (non-hydrogen) atoms. The highest BCUT2D eigenvalue weighted by Gasteiger charge is 2.19. The minimum atomic E-state index is -0.636. The Morgan fingerprint density at radius 1 is 1.36 bits per heavy atom. The standard InChI is InChI=1S/C18H14ClFN4O4/c1-28-16-6-5-11(9-15(16)24(26)27)18(25)21-17-7-8-23(22-17)10-12-13(19)3-2-4-14(12)20/h2-9H,10H2,1H3,(H,21,22,25). The Kier molecular flexibility index (Phi) is 5.55. The topological polar surface area (TPSA) is 99.3 Å². The molecule has 1 amide bonds. The van der Waals surface area contributed by atoms with Crippen LogP contribution >= 0.6 is 11.6 Å². The van der Waals surface area contributed by atoms with Crippen molar-refractivity contribution in [3.8, 4) is 5.75 Å². The first kappa shape index (κ1) is 19.3. The van der Waals surface area contributed by atoms with Crippen molar-refractivity contribution in [2.24, 2.45) is 0 Å². The number of aromatic nitrogens is 2. The molecule has 0 aliphatic rings. The van der Waals surface area contributed by atoms with Gasteiger partial charge < -0.3 is 10.1 Å². The number of anilines is 1. The van der Waals surface area contributed by atoms with Crippen LogP contribution in [0.2, 0.25) is 5.02 Å². The molecule has 8 nitrogen and oxygen atoms in total. The van der Waals surface area contributed by atoms with Gasteiger partial charge in [-0.1, -0.05) is 17.7 Å². The van der Waals surface area contributed by atoms with Gasteiger partial charge >= 0.3 is 5.69 Å². The van der Waals surface area contributed by atoms with E-state index in [-0.39, 0.29) is 39.9 Å². The summed E-state index contributed by atoms with van der Waals surface area (Å²) in [5, 5.41) is 18.0. The van der Waals surface area contributed by atoms with Gasteiger partial charge in [-0.2, -0.15) is 5.10 Å². The first-order chi connectivity index (χ1) is 13.4. The number of benzene rings is 2. The number of ether oxygens (including phenoxy) is 1. The zero-order valence-corrected chi connectivity index (χ0v) is 15.3. The highest BCUT2D eigenvalue weighted by atomic mass is 35.5. The highest BCUT2D eigenvalue weighted by Crippen LogP contribution is 2.28. The lowest BCUT2D eigenvalue weighted by Gasteiger charge is -2.06. The number of hydrogen-bond donors (Lipinski definition) is 1. The minimum absolute atomic E-state index is 0.0487. The fourth-order valence-electron chi connectivity index (χ4n) is 2.52. The molecule has 0 radical (unpaired) electrons. The second-order valence-corrected chi connectivity index (χ2v) is 6.10. The summed E-state index contributed by atoms with van der Waals surface area (Å²) in [7, 11) is 1.30. The van der Waals surface area contributed by atoms with Gasteiger partial charge in [-0.25, -0.2) is 4.39 Å². The third-order valence-electron chi connectivity index (χ3n) is 3.90. The number of amides is 1. The van der Waals surface area contributed by atoms with E-state index < -0.39 is 16.6 Å². The van der Waals surface area contributed by atoms with Gasteiger partial charge in [0, 0.05) is 34.5 Å². The Labute approximate surface area is 163 Å². The van der Waals surface area contributed by atoms with E-state index in [0.717, 1.165) is 6.07 Å². The maximum absolute atomic E-state index is 13.9. The van der Waals surface area contributed by atoms with Crippen molar-refractivity contribution in [1.82, 2.24) is 9.78 Å².